The Bertz CT molecular complexity index is 492. The summed E-state index contributed by atoms with van der Waals surface area (Å²) < 4.78 is 27.6. The van der Waals surface area contributed by atoms with Crippen LogP contribution in [-0.4, -0.2) is 77.6 Å². The van der Waals surface area contributed by atoms with Crippen LogP contribution in [0.15, 0.2) is 0 Å². The third kappa shape index (κ3) is 6.38. The third-order valence-electron chi connectivity index (χ3n) is 6.61. The van der Waals surface area contributed by atoms with Crippen LogP contribution in [0.1, 0.15) is 80.1 Å². The highest BCUT2D eigenvalue weighted by atomic mass is 19.1. The van der Waals surface area contributed by atoms with Crippen molar-refractivity contribution in [3.8, 4) is 0 Å². The van der Waals surface area contributed by atoms with Gasteiger partial charge in [0.05, 0.1) is 23.9 Å². The molecule has 1 saturated carbocycles. The standard InChI is InChI=1S/C23H43FN2O2/c1-21(2,3)26-13-9-23(24,10-14-26)17-25-11-7-18(8-12-25)27-19-15-20(16-19)28-22(4,5)6/h18-20H,7-17H2,1-6H3/t19-,20-. The molecule has 3 fully saturated rings. The van der Waals surface area contributed by atoms with Crippen LogP contribution in [0.25, 0.3) is 0 Å². The van der Waals surface area contributed by atoms with Gasteiger partial charge in [-0.2, -0.15) is 0 Å². The van der Waals surface area contributed by atoms with Crippen molar-refractivity contribution in [3.05, 3.63) is 0 Å². The summed E-state index contributed by atoms with van der Waals surface area (Å²) in [5, 5.41) is 0. The highest BCUT2D eigenvalue weighted by molar-refractivity contribution is 4.93. The van der Waals surface area contributed by atoms with Crippen molar-refractivity contribution in [3.63, 3.8) is 0 Å². The second-order valence-corrected chi connectivity index (χ2v) is 11.4. The molecule has 2 heterocycles. The lowest BCUT2D eigenvalue weighted by molar-refractivity contribution is -0.168. The number of ether oxygens (including phenoxy) is 2. The van der Waals surface area contributed by atoms with E-state index in [1.54, 1.807) is 0 Å². The van der Waals surface area contributed by atoms with Crippen LogP contribution in [0.2, 0.25) is 0 Å². The van der Waals surface area contributed by atoms with E-state index in [1.165, 1.54) is 0 Å². The van der Waals surface area contributed by atoms with Crippen molar-refractivity contribution >= 4 is 0 Å². The molecule has 0 atom stereocenters. The molecule has 2 saturated heterocycles. The lowest BCUT2D eigenvalue weighted by atomic mass is 9.89. The minimum atomic E-state index is -1.01. The highest BCUT2D eigenvalue weighted by Gasteiger charge is 2.40. The molecule has 3 aliphatic rings. The molecule has 0 amide bonds. The lowest BCUT2D eigenvalue weighted by Crippen LogP contribution is -2.54. The fourth-order valence-electron chi connectivity index (χ4n) is 4.84. The van der Waals surface area contributed by atoms with E-state index < -0.39 is 5.67 Å². The number of hydrogen-bond donors (Lipinski definition) is 0. The van der Waals surface area contributed by atoms with Gasteiger partial charge >= 0.3 is 0 Å². The Kier molecular flexibility index (Phi) is 6.81. The van der Waals surface area contributed by atoms with Gasteiger partial charge in [0.15, 0.2) is 0 Å². The minimum Gasteiger partial charge on any atom is -0.375 e. The zero-order chi connectivity index (χ0) is 20.6. The lowest BCUT2D eigenvalue weighted by Gasteiger charge is -2.45. The largest absolute Gasteiger partial charge is 0.375 e. The van der Waals surface area contributed by atoms with Gasteiger partial charge in [0.25, 0.3) is 0 Å². The van der Waals surface area contributed by atoms with E-state index in [0.29, 0.717) is 37.7 Å². The monoisotopic (exact) mass is 398 g/mol. The number of rotatable bonds is 5. The van der Waals surface area contributed by atoms with Crippen molar-refractivity contribution in [2.24, 2.45) is 0 Å². The molecule has 4 nitrogen and oxygen atoms in total. The first kappa shape index (κ1) is 22.5. The number of halogens is 1. The molecule has 2 aliphatic heterocycles. The normalized spacial score (nSPS) is 31.0. The maximum Gasteiger partial charge on any atom is 0.126 e. The predicted octanol–water partition coefficient (Wildman–Crippen LogP) is 4.42. The van der Waals surface area contributed by atoms with E-state index >= 15 is 4.39 Å². The minimum absolute atomic E-state index is 0.0632. The maximum atomic E-state index is 15.4. The molecule has 5 heteroatoms. The summed E-state index contributed by atoms with van der Waals surface area (Å²) in [6.45, 7) is 17.3. The molecule has 1 aliphatic carbocycles. The molecule has 0 N–H and O–H groups in total. The van der Waals surface area contributed by atoms with E-state index in [4.69, 9.17) is 9.47 Å². The van der Waals surface area contributed by atoms with Crippen LogP contribution in [0.4, 0.5) is 4.39 Å². The maximum absolute atomic E-state index is 15.4. The second-order valence-electron chi connectivity index (χ2n) is 11.4. The number of likely N-dealkylation sites (tertiary alicyclic amines) is 2. The first-order valence-electron chi connectivity index (χ1n) is 11.4. The number of hydrogen-bond acceptors (Lipinski definition) is 4. The first-order chi connectivity index (χ1) is 12.9. The summed E-state index contributed by atoms with van der Waals surface area (Å²) in [6, 6.07) is 0. The van der Waals surface area contributed by atoms with Crippen LogP contribution >= 0.6 is 0 Å². The van der Waals surface area contributed by atoms with E-state index in [0.717, 1.165) is 51.9 Å². The van der Waals surface area contributed by atoms with E-state index in [9.17, 15) is 0 Å². The van der Waals surface area contributed by atoms with Gasteiger partial charge in [0, 0.05) is 38.3 Å². The zero-order valence-electron chi connectivity index (χ0n) is 19.1. The molecule has 3 rings (SSSR count). The molecule has 0 bridgehead atoms. The summed E-state index contributed by atoms with van der Waals surface area (Å²) in [5.41, 5.74) is -0.928. The van der Waals surface area contributed by atoms with E-state index in [1.807, 2.05) is 0 Å². The summed E-state index contributed by atoms with van der Waals surface area (Å²) in [7, 11) is 0. The quantitative estimate of drug-likeness (QED) is 0.685. The van der Waals surface area contributed by atoms with Gasteiger partial charge in [-0.25, -0.2) is 4.39 Å². The molecule has 0 aromatic heterocycles. The third-order valence-corrected chi connectivity index (χ3v) is 6.61. The van der Waals surface area contributed by atoms with Crippen molar-refractivity contribution in [1.82, 2.24) is 9.80 Å². The molecular formula is C23H43FN2O2. The Labute approximate surface area is 172 Å². The van der Waals surface area contributed by atoms with Crippen LogP contribution in [0.3, 0.4) is 0 Å². The van der Waals surface area contributed by atoms with Crippen molar-refractivity contribution in [2.75, 3.05) is 32.7 Å². The van der Waals surface area contributed by atoms with Crippen LogP contribution < -0.4 is 0 Å². The molecule has 164 valence electrons. The first-order valence-corrected chi connectivity index (χ1v) is 11.4. The van der Waals surface area contributed by atoms with Crippen molar-refractivity contribution < 1.29 is 13.9 Å². The van der Waals surface area contributed by atoms with E-state index in [2.05, 4.69) is 51.3 Å². The SMILES string of the molecule is CC(C)(C)O[C@H]1C[C@H](OC2CCN(CC3(F)CCN(C(C)(C)C)CC3)CC2)C1. The Hall–Kier alpha value is -0.230. The molecular weight excluding hydrogens is 355 g/mol. The van der Waals surface area contributed by atoms with Gasteiger partial charge < -0.3 is 9.47 Å². The van der Waals surface area contributed by atoms with Gasteiger partial charge in [0.1, 0.15) is 5.67 Å². The van der Waals surface area contributed by atoms with Gasteiger partial charge in [0.2, 0.25) is 0 Å². The predicted molar refractivity (Wildman–Crippen MR) is 113 cm³/mol. The highest BCUT2D eigenvalue weighted by Crippen LogP contribution is 2.34. The van der Waals surface area contributed by atoms with Crippen LogP contribution in [0.5, 0.6) is 0 Å². The zero-order valence-corrected chi connectivity index (χ0v) is 19.1. The van der Waals surface area contributed by atoms with Gasteiger partial charge in [-0.15, -0.1) is 0 Å². The second kappa shape index (κ2) is 8.49. The fourth-order valence-corrected chi connectivity index (χ4v) is 4.84. The molecule has 0 spiro atoms. The Morgan fingerprint density at radius 3 is 1.93 bits per heavy atom. The molecule has 0 radical (unpaired) electrons. The summed E-state index contributed by atoms with van der Waals surface area (Å²) >= 11 is 0. The van der Waals surface area contributed by atoms with Crippen LogP contribution in [0, 0.1) is 0 Å². The number of alkyl halides is 1. The van der Waals surface area contributed by atoms with Gasteiger partial charge in [-0.3, -0.25) is 9.80 Å². The summed E-state index contributed by atoms with van der Waals surface area (Å²) in [4.78, 5) is 4.75. The fraction of sp³-hybridized carbons (Fsp3) is 1.00. The molecule has 28 heavy (non-hydrogen) atoms. The average Bonchev–Trinajstić information content (AvgIpc) is 2.52. The van der Waals surface area contributed by atoms with Crippen LogP contribution in [-0.2, 0) is 9.47 Å². The Morgan fingerprint density at radius 1 is 0.857 bits per heavy atom. The number of nitrogens with zero attached hydrogens (tertiary/aromatic N) is 2. The topological polar surface area (TPSA) is 24.9 Å². The summed E-state index contributed by atoms with van der Waals surface area (Å²) in [5.74, 6) is 0. The van der Waals surface area contributed by atoms with Crippen molar-refractivity contribution in [1.29, 1.82) is 0 Å². The Morgan fingerprint density at radius 2 is 1.43 bits per heavy atom. The smallest absolute Gasteiger partial charge is 0.126 e. The number of piperidine rings is 2. The van der Waals surface area contributed by atoms with Gasteiger partial charge in [-0.05, 0) is 80.1 Å². The van der Waals surface area contributed by atoms with E-state index in [-0.39, 0.29) is 11.1 Å². The van der Waals surface area contributed by atoms with Gasteiger partial charge in [-0.1, -0.05) is 0 Å². The summed E-state index contributed by atoms with van der Waals surface area (Å²) in [6.07, 6.45) is 6.50. The van der Waals surface area contributed by atoms with Crippen molar-refractivity contribution in [2.45, 2.75) is 115 Å². The Balaban J connectivity index is 1.33. The average molecular weight is 399 g/mol. The molecule has 0 aromatic rings. The molecule has 0 aromatic carbocycles. The molecule has 0 unspecified atom stereocenters.